The molecule has 0 aliphatic heterocycles. The Kier molecular flexibility index (Phi) is 4.84. The second-order valence-electron chi connectivity index (χ2n) is 4.87. The van der Waals surface area contributed by atoms with E-state index >= 15 is 0 Å². The van der Waals surface area contributed by atoms with Crippen molar-refractivity contribution in [2.45, 2.75) is 31.6 Å². The Bertz CT molecular complexity index is 799. The molecule has 0 heterocycles. The van der Waals surface area contributed by atoms with Crippen molar-refractivity contribution in [3.8, 4) is 6.07 Å². The van der Waals surface area contributed by atoms with E-state index in [1.807, 2.05) is 38.1 Å². The molecule has 2 aromatic rings. The molecule has 2 rings (SSSR count). The first-order valence-corrected chi connectivity index (χ1v) is 8.64. The second-order valence-corrected chi connectivity index (χ2v) is 6.52. The van der Waals surface area contributed by atoms with Crippen LogP contribution in [0.4, 0.5) is 5.69 Å². The van der Waals surface area contributed by atoms with Gasteiger partial charge in [0.25, 0.3) is 10.0 Å². The molecule has 0 fully saturated rings. The third kappa shape index (κ3) is 3.12. The quantitative estimate of drug-likeness (QED) is 0.918. The first-order valence-electron chi connectivity index (χ1n) is 7.16. The fraction of sp³-hybridized carbons (Fsp3) is 0.235. The number of hydrogen-bond acceptors (Lipinski definition) is 3. The summed E-state index contributed by atoms with van der Waals surface area (Å²) >= 11 is 0. The maximum absolute atomic E-state index is 12.7. The van der Waals surface area contributed by atoms with E-state index in [1.165, 1.54) is 12.1 Å². The smallest absolute Gasteiger partial charge is 0.263 e. The van der Waals surface area contributed by atoms with E-state index in [-0.39, 0.29) is 10.5 Å². The van der Waals surface area contributed by atoms with Crippen LogP contribution in [-0.4, -0.2) is 8.42 Å². The van der Waals surface area contributed by atoms with Gasteiger partial charge in [0.05, 0.1) is 11.3 Å². The topological polar surface area (TPSA) is 70.0 Å². The van der Waals surface area contributed by atoms with Crippen LogP contribution in [0, 0.1) is 11.3 Å². The lowest BCUT2D eigenvalue weighted by atomic mass is 10.0. The van der Waals surface area contributed by atoms with Gasteiger partial charge < -0.3 is 0 Å². The molecule has 0 bridgehead atoms. The van der Waals surface area contributed by atoms with Crippen LogP contribution in [0.1, 0.15) is 30.5 Å². The molecule has 4 nitrogen and oxygen atoms in total. The second kappa shape index (κ2) is 6.63. The number of aryl methyl sites for hydroxylation is 2. The molecule has 0 saturated heterocycles. The number of anilines is 1. The van der Waals surface area contributed by atoms with Gasteiger partial charge in [0.1, 0.15) is 11.0 Å². The minimum absolute atomic E-state index is 0.00505. The van der Waals surface area contributed by atoms with Crippen LogP contribution in [0.2, 0.25) is 0 Å². The fourth-order valence-corrected chi connectivity index (χ4v) is 3.66. The molecule has 0 saturated carbocycles. The van der Waals surface area contributed by atoms with Gasteiger partial charge >= 0.3 is 0 Å². The van der Waals surface area contributed by atoms with Gasteiger partial charge in [0.15, 0.2) is 0 Å². The summed E-state index contributed by atoms with van der Waals surface area (Å²) in [7, 11) is -3.79. The third-order valence-electron chi connectivity index (χ3n) is 3.53. The van der Waals surface area contributed by atoms with Crippen molar-refractivity contribution in [2.75, 3.05) is 4.72 Å². The maximum atomic E-state index is 12.7. The highest BCUT2D eigenvalue weighted by molar-refractivity contribution is 7.92. The molecule has 5 heteroatoms. The Morgan fingerprint density at radius 3 is 2.14 bits per heavy atom. The first kappa shape index (κ1) is 16.1. The summed E-state index contributed by atoms with van der Waals surface area (Å²) in [5, 5.41) is 9.11. The Morgan fingerprint density at radius 2 is 1.59 bits per heavy atom. The summed E-state index contributed by atoms with van der Waals surface area (Å²) in [6.07, 6.45) is 1.46. The minimum Gasteiger partial charge on any atom is -0.279 e. The summed E-state index contributed by atoms with van der Waals surface area (Å²) in [5.41, 5.74) is 2.65. The molecule has 0 atom stereocenters. The van der Waals surface area contributed by atoms with E-state index in [0.29, 0.717) is 5.69 Å². The number of nitrogens with zero attached hydrogens (tertiary/aromatic N) is 1. The fourth-order valence-electron chi connectivity index (χ4n) is 2.36. The number of benzene rings is 2. The van der Waals surface area contributed by atoms with Gasteiger partial charge in [-0.3, -0.25) is 4.72 Å². The van der Waals surface area contributed by atoms with E-state index in [0.717, 1.165) is 24.0 Å². The summed E-state index contributed by atoms with van der Waals surface area (Å²) in [6, 6.07) is 13.9. The minimum atomic E-state index is -3.79. The van der Waals surface area contributed by atoms with Crippen LogP contribution in [-0.2, 0) is 22.9 Å². The molecular formula is C17H18N2O2S. The Balaban J connectivity index is 2.53. The zero-order valence-corrected chi connectivity index (χ0v) is 13.4. The van der Waals surface area contributed by atoms with Crippen molar-refractivity contribution in [2.24, 2.45) is 0 Å². The van der Waals surface area contributed by atoms with Gasteiger partial charge in [-0.2, -0.15) is 5.26 Å². The predicted molar refractivity (Wildman–Crippen MR) is 87.2 cm³/mol. The highest BCUT2D eigenvalue weighted by atomic mass is 32.2. The van der Waals surface area contributed by atoms with Crippen molar-refractivity contribution < 1.29 is 8.42 Å². The lowest BCUT2D eigenvalue weighted by Gasteiger charge is -2.16. The van der Waals surface area contributed by atoms with Crippen LogP contribution in [0.3, 0.4) is 0 Å². The van der Waals surface area contributed by atoms with E-state index in [2.05, 4.69) is 4.72 Å². The summed E-state index contributed by atoms with van der Waals surface area (Å²) in [5.74, 6) is 0. The number of sulfonamides is 1. The van der Waals surface area contributed by atoms with Gasteiger partial charge in [-0.15, -0.1) is 0 Å². The summed E-state index contributed by atoms with van der Waals surface area (Å²) < 4.78 is 28.0. The van der Waals surface area contributed by atoms with Gasteiger partial charge in [-0.1, -0.05) is 44.2 Å². The van der Waals surface area contributed by atoms with Crippen LogP contribution >= 0.6 is 0 Å². The predicted octanol–water partition coefficient (Wildman–Crippen LogP) is 3.48. The van der Waals surface area contributed by atoms with Gasteiger partial charge in [-0.05, 0) is 36.1 Å². The lowest BCUT2D eigenvalue weighted by molar-refractivity contribution is 0.601. The van der Waals surface area contributed by atoms with Crippen LogP contribution in [0.5, 0.6) is 0 Å². The monoisotopic (exact) mass is 314 g/mol. The zero-order valence-electron chi connectivity index (χ0n) is 12.6. The van der Waals surface area contributed by atoms with Crippen LogP contribution in [0.25, 0.3) is 0 Å². The Morgan fingerprint density at radius 1 is 1.00 bits per heavy atom. The standard InChI is InChI=1S/C17H18N2O2S/c1-3-13-9-7-10-14(4-2)17(13)19-22(20,21)16-11-6-5-8-15(16)12-18/h5-11,19H,3-4H2,1-2H3. The van der Waals surface area contributed by atoms with Crippen molar-refractivity contribution in [1.82, 2.24) is 0 Å². The van der Waals surface area contributed by atoms with E-state index < -0.39 is 10.0 Å². The van der Waals surface area contributed by atoms with E-state index in [4.69, 9.17) is 5.26 Å². The number of nitriles is 1. The van der Waals surface area contributed by atoms with Gasteiger partial charge in [0.2, 0.25) is 0 Å². The Labute approximate surface area is 131 Å². The molecule has 0 unspecified atom stereocenters. The van der Waals surface area contributed by atoms with Crippen LogP contribution < -0.4 is 4.72 Å². The number of hydrogen-bond donors (Lipinski definition) is 1. The molecule has 2 aromatic carbocycles. The average Bonchev–Trinajstić information content (AvgIpc) is 2.54. The Hall–Kier alpha value is -2.32. The van der Waals surface area contributed by atoms with E-state index in [1.54, 1.807) is 12.1 Å². The molecule has 0 aliphatic rings. The van der Waals surface area contributed by atoms with Crippen molar-refractivity contribution in [3.63, 3.8) is 0 Å². The molecule has 0 spiro atoms. The lowest BCUT2D eigenvalue weighted by Crippen LogP contribution is -2.16. The third-order valence-corrected chi connectivity index (χ3v) is 4.94. The largest absolute Gasteiger partial charge is 0.279 e. The normalized spacial score (nSPS) is 11.0. The molecule has 0 aliphatic carbocycles. The SMILES string of the molecule is CCc1cccc(CC)c1NS(=O)(=O)c1ccccc1C#N. The first-order chi connectivity index (χ1) is 10.5. The molecule has 114 valence electrons. The van der Waals surface area contributed by atoms with Crippen molar-refractivity contribution in [1.29, 1.82) is 5.26 Å². The highest BCUT2D eigenvalue weighted by Crippen LogP contribution is 2.26. The number of nitrogens with one attached hydrogen (secondary N) is 1. The zero-order chi connectivity index (χ0) is 16.2. The van der Waals surface area contributed by atoms with E-state index in [9.17, 15) is 8.42 Å². The molecule has 1 N–H and O–H groups in total. The van der Waals surface area contributed by atoms with Gasteiger partial charge in [-0.25, -0.2) is 8.42 Å². The summed E-state index contributed by atoms with van der Waals surface area (Å²) in [4.78, 5) is 0.00505. The van der Waals surface area contributed by atoms with Crippen LogP contribution in [0.15, 0.2) is 47.4 Å². The molecule has 0 radical (unpaired) electrons. The highest BCUT2D eigenvalue weighted by Gasteiger charge is 2.20. The average molecular weight is 314 g/mol. The molecule has 22 heavy (non-hydrogen) atoms. The summed E-state index contributed by atoms with van der Waals surface area (Å²) in [6.45, 7) is 3.96. The number of para-hydroxylation sites is 1. The molecule has 0 amide bonds. The van der Waals surface area contributed by atoms with Crippen molar-refractivity contribution in [3.05, 3.63) is 59.2 Å². The maximum Gasteiger partial charge on any atom is 0.263 e. The van der Waals surface area contributed by atoms with Crippen molar-refractivity contribution >= 4 is 15.7 Å². The number of rotatable bonds is 5. The molecular weight excluding hydrogens is 296 g/mol. The van der Waals surface area contributed by atoms with Gasteiger partial charge in [0, 0.05) is 0 Å². The molecule has 0 aromatic heterocycles.